The standard InChI is InChI=1S/C25H26N4O4/c1-13(2)17-11-20(14(3)7-21(17)30)29-24(32)10-16-9-18(19(12-26)25(27)28-16)15-5-6-23(33-4)22(31)8-15/h5-9,11,13,30-31H,10H2,1-4H3,(H2,27,28)(H,29,32). The van der Waals surface area contributed by atoms with E-state index in [-0.39, 0.29) is 41.1 Å². The topological polar surface area (TPSA) is 141 Å². The van der Waals surface area contributed by atoms with Gasteiger partial charge in [0.2, 0.25) is 5.91 Å². The second kappa shape index (κ2) is 9.49. The number of anilines is 2. The summed E-state index contributed by atoms with van der Waals surface area (Å²) in [4.78, 5) is 17.0. The molecule has 0 fully saturated rings. The van der Waals surface area contributed by atoms with Gasteiger partial charge in [-0.2, -0.15) is 5.26 Å². The quantitative estimate of drug-likeness (QED) is 0.415. The highest BCUT2D eigenvalue weighted by atomic mass is 16.5. The molecule has 1 aromatic heterocycles. The number of phenolic OH excluding ortho intramolecular Hbond substituents is 2. The fourth-order valence-electron chi connectivity index (χ4n) is 3.58. The Hall–Kier alpha value is -4.25. The van der Waals surface area contributed by atoms with Crippen LogP contribution in [-0.2, 0) is 11.2 Å². The molecule has 8 heteroatoms. The average molecular weight is 447 g/mol. The van der Waals surface area contributed by atoms with Crippen LogP contribution in [0, 0.1) is 18.3 Å². The monoisotopic (exact) mass is 446 g/mol. The Morgan fingerprint density at radius 2 is 1.94 bits per heavy atom. The Balaban J connectivity index is 1.92. The largest absolute Gasteiger partial charge is 0.508 e. The molecule has 2 aromatic carbocycles. The van der Waals surface area contributed by atoms with E-state index in [1.165, 1.54) is 13.2 Å². The molecule has 0 aliphatic carbocycles. The van der Waals surface area contributed by atoms with Crippen LogP contribution < -0.4 is 15.8 Å². The van der Waals surface area contributed by atoms with Gasteiger partial charge in [0, 0.05) is 11.3 Å². The first-order valence-corrected chi connectivity index (χ1v) is 10.3. The van der Waals surface area contributed by atoms with Crippen molar-refractivity contribution in [2.24, 2.45) is 0 Å². The summed E-state index contributed by atoms with van der Waals surface area (Å²) in [7, 11) is 1.44. The van der Waals surface area contributed by atoms with Gasteiger partial charge in [-0.05, 0) is 59.9 Å². The number of rotatable bonds is 6. The summed E-state index contributed by atoms with van der Waals surface area (Å²) in [6.45, 7) is 5.71. The molecule has 0 aliphatic rings. The van der Waals surface area contributed by atoms with Crippen LogP contribution in [0.25, 0.3) is 11.1 Å². The molecule has 5 N–H and O–H groups in total. The van der Waals surface area contributed by atoms with Crippen molar-refractivity contribution >= 4 is 17.4 Å². The number of nitriles is 1. The van der Waals surface area contributed by atoms with Crippen LogP contribution in [0.1, 0.15) is 42.1 Å². The van der Waals surface area contributed by atoms with E-state index in [1.807, 2.05) is 19.9 Å². The number of pyridine rings is 1. The Bertz CT molecular complexity index is 1260. The molecule has 8 nitrogen and oxygen atoms in total. The molecule has 170 valence electrons. The molecule has 1 amide bonds. The average Bonchev–Trinajstić information content (AvgIpc) is 2.74. The molecular weight excluding hydrogens is 420 g/mol. The highest BCUT2D eigenvalue weighted by Crippen LogP contribution is 2.35. The Morgan fingerprint density at radius 1 is 1.21 bits per heavy atom. The Kier molecular flexibility index (Phi) is 6.73. The summed E-state index contributed by atoms with van der Waals surface area (Å²) in [6.07, 6.45) is -0.0810. The zero-order valence-electron chi connectivity index (χ0n) is 18.9. The van der Waals surface area contributed by atoms with Crippen molar-refractivity contribution in [2.75, 3.05) is 18.2 Å². The highest BCUT2D eigenvalue weighted by Gasteiger charge is 2.17. The van der Waals surface area contributed by atoms with Crippen LogP contribution in [0.2, 0.25) is 0 Å². The minimum Gasteiger partial charge on any atom is -0.508 e. The molecule has 0 saturated heterocycles. The van der Waals surface area contributed by atoms with E-state index in [9.17, 15) is 20.3 Å². The molecular formula is C25H26N4O4. The predicted octanol–water partition coefficient (Wildman–Crippen LogP) is 4.24. The van der Waals surface area contributed by atoms with Gasteiger partial charge in [-0.25, -0.2) is 4.98 Å². The molecule has 0 radical (unpaired) electrons. The van der Waals surface area contributed by atoms with Gasteiger partial charge in [0.25, 0.3) is 0 Å². The van der Waals surface area contributed by atoms with Crippen molar-refractivity contribution in [1.29, 1.82) is 5.26 Å². The summed E-state index contributed by atoms with van der Waals surface area (Å²) >= 11 is 0. The molecule has 3 aromatic rings. The minimum absolute atomic E-state index is 0.00369. The van der Waals surface area contributed by atoms with Crippen LogP contribution in [-0.4, -0.2) is 28.2 Å². The molecule has 0 aliphatic heterocycles. The van der Waals surface area contributed by atoms with Gasteiger partial charge in [0.15, 0.2) is 11.5 Å². The SMILES string of the molecule is COc1ccc(-c2cc(CC(=O)Nc3cc(C(C)C)c(O)cc3C)nc(N)c2C#N)cc1O. The molecule has 3 rings (SSSR count). The number of nitrogens with zero attached hydrogens (tertiary/aromatic N) is 2. The smallest absolute Gasteiger partial charge is 0.230 e. The third-order valence-corrected chi connectivity index (χ3v) is 5.31. The van der Waals surface area contributed by atoms with Crippen LogP contribution in [0.15, 0.2) is 36.4 Å². The lowest BCUT2D eigenvalue weighted by Crippen LogP contribution is -2.17. The molecule has 0 bridgehead atoms. The fraction of sp³-hybridized carbons (Fsp3) is 0.240. The summed E-state index contributed by atoms with van der Waals surface area (Å²) in [6, 6.07) is 11.8. The number of hydrogen-bond donors (Lipinski definition) is 4. The lowest BCUT2D eigenvalue weighted by atomic mass is 9.98. The third-order valence-electron chi connectivity index (χ3n) is 5.31. The van der Waals surface area contributed by atoms with Crippen molar-refractivity contribution in [2.45, 2.75) is 33.1 Å². The second-order valence-electron chi connectivity index (χ2n) is 8.03. The second-order valence-corrected chi connectivity index (χ2v) is 8.03. The van der Waals surface area contributed by atoms with E-state index < -0.39 is 0 Å². The van der Waals surface area contributed by atoms with Gasteiger partial charge in [-0.1, -0.05) is 19.9 Å². The number of methoxy groups -OCH3 is 1. The molecule has 0 atom stereocenters. The third kappa shape index (κ3) is 4.99. The number of carbonyl (C=O) groups excluding carboxylic acids is 1. The lowest BCUT2D eigenvalue weighted by Gasteiger charge is -2.15. The van der Waals surface area contributed by atoms with Gasteiger partial charge in [0.1, 0.15) is 23.2 Å². The molecule has 1 heterocycles. The summed E-state index contributed by atoms with van der Waals surface area (Å²) in [5.74, 6) is 0.162. The van der Waals surface area contributed by atoms with E-state index in [0.717, 1.165) is 11.1 Å². The van der Waals surface area contributed by atoms with E-state index in [1.54, 1.807) is 37.3 Å². The maximum absolute atomic E-state index is 12.8. The lowest BCUT2D eigenvalue weighted by molar-refractivity contribution is -0.115. The van der Waals surface area contributed by atoms with Crippen molar-refractivity contribution in [1.82, 2.24) is 4.98 Å². The maximum atomic E-state index is 12.8. The number of aryl methyl sites for hydroxylation is 1. The van der Waals surface area contributed by atoms with Crippen LogP contribution in [0.4, 0.5) is 11.5 Å². The summed E-state index contributed by atoms with van der Waals surface area (Å²) < 4.78 is 5.07. The van der Waals surface area contributed by atoms with E-state index in [0.29, 0.717) is 28.3 Å². The number of phenols is 2. The van der Waals surface area contributed by atoms with E-state index >= 15 is 0 Å². The minimum atomic E-state index is -0.321. The van der Waals surface area contributed by atoms with Gasteiger partial charge >= 0.3 is 0 Å². The maximum Gasteiger partial charge on any atom is 0.230 e. The van der Waals surface area contributed by atoms with Crippen molar-refractivity contribution in [3.8, 4) is 34.4 Å². The summed E-state index contributed by atoms with van der Waals surface area (Å²) in [5, 5.41) is 32.7. The zero-order valence-corrected chi connectivity index (χ0v) is 18.9. The number of aromatic hydroxyl groups is 2. The van der Waals surface area contributed by atoms with Crippen LogP contribution in [0.5, 0.6) is 17.2 Å². The number of nitrogen functional groups attached to an aromatic ring is 1. The number of aromatic nitrogens is 1. The number of amides is 1. The van der Waals surface area contributed by atoms with Gasteiger partial charge < -0.3 is 26.0 Å². The summed E-state index contributed by atoms with van der Waals surface area (Å²) in [5.41, 5.74) is 9.58. The number of benzene rings is 2. The molecule has 0 unspecified atom stereocenters. The fourth-order valence-corrected chi connectivity index (χ4v) is 3.58. The normalized spacial score (nSPS) is 10.7. The van der Waals surface area contributed by atoms with E-state index in [4.69, 9.17) is 10.5 Å². The molecule has 0 saturated carbocycles. The van der Waals surface area contributed by atoms with Crippen LogP contribution >= 0.6 is 0 Å². The number of nitrogens with one attached hydrogen (secondary N) is 1. The van der Waals surface area contributed by atoms with Crippen molar-refractivity contribution in [3.63, 3.8) is 0 Å². The molecule has 0 spiro atoms. The van der Waals surface area contributed by atoms with Gasteiger partial charge in [-0.3, -0.25) is 4.79 Å². The van der Waals surface area contributed by atoms with Crippen molar-refractivity contribution < 1.29 is 19.7 Å². The Labute approximate surface area is 192 Å². The first kappa shape index (κ1) is 23.4. The predicted molar refractivity (Wildman–Crippen MR) is 126 cm³/mol. The van der Waals surface area contributed by atoms with E-state index in [2.05, 4.69) is 10.3 Å². The number of hydrogen-bond acceptors (Lipinski definition) is 7. The number of carbonyl (C=O) groups is 1. The molecule has 33 heavy (non-hydrogen) atoms. The highest BCUT2D eigenvalue weighted by molar-refractivity contribution is 5.93. The van der Waals surface area contributed by atoms with Crippen molar-refractivity contribution in [3.05, 3.63) is 58.8 Å². The van der Waals surface area contributed by atoms with Gasteiger partial charge in [-0.15, -0.1) is 0 Å². The zero-order chi connectivity index (χ0) is 24.3. The Morgan fingerprint density at radius 3 is 2.55 bits per heavy atom. The first-order valence-electron chi connectivity index (χ1n) is 10.3. The van der Waals surface area contributed by atoms with Gasteiger partial charge in [0.05, 0.1) is 19.2 Å². The number of ether oxygens (including phenoxy) is 1. The van der Waals surface area contributed by atoms with Crippen LogP contribution in [0.3, 0.4) is 0 Å². The first-order chi connectivity index (χ1) is 15.6. The number of nitrogens with two attached hydrogens (primary N) is 1.